The van der Waals surface area contributed by atoms with Crippen LogP contribution in [0, 0.1) is 0 Å². The summed E-state index contributed by atoms with van der Waals surface area (Å²) in [5.41, 5.74) is 8.23. The monoisotopic (exact) mass is 1070 g/mol. The molecule has 412 valence electrons. The molecular formula is C70H72O10. The van der Waals surface area contributed by atoms with Crippen molar-refractivity contribution in [2.45, 2.75) is 114 Å². The first kappa shape index (κ1) is 56.2. The van der Waals surface area contributed by atoms with Crippen molar-refractivity contribution in [2.75, 3.05) is 13.2 Å². The van der Waals surface area contributed by atoms with Crippen LogP contribution in [0.2, 0.25) is 0 Å². The lowest BCUT2D eigenvalue weighted by Crippen LogP contribution is -2.61. The quantitative estimate of drug-likeness (QED) is 0.0472. The van der Waals surface area contributed by atoms with Gasteiger partial charge in [-0.2, -0.15) is 0 Å². The van der Waals surface area contributed by atoms with Gasteiger partial charge in [-0.1, -0.05) is 243 Å². The molecule has 8 aromatic carbocycles. The third-order valence-electron chi connectivity index (χ3n) is 14.3. The van der Waals surface area contributed by atoms with Crippen LogP contribution in [0.4, 0.5) is 0 Å². The van der Waals surface area contributed by atoms with Crippen LogP contribution in [0.3, 0.4) is 0 Å². The lowest BCUT2D eigenvalue weighted by atomic mass is 9.91. The second-order valence-corrected chi connectivity index (χ2v) is 20.2. The van der Waals surface area contributed by atoms with Crippen molar-refractivity contribution in [3.8, 4) is 0 Å². The van der Waals surface area contributed by atoms with Gasteiger partial charge in [0.1, 0.15) is 48.5 Å². The Bertz CT molecular complexity index is 2980. The van der Waals surface area contributed by atoms with Gasteiger partial charge in [-0.25, -0.2) is 0 Å². The highest BCUT2D eigenvalue weighted by Gasteiger charge is 2.50. The molecule has 80 heavy (non-hydrogen) atoms. The number of hydrogen-bond acceptors (Lipinski definition) is 10. The third-order valence-corrected chi connectivity index (χ3v) is 14.3. The summed E-state index contributed by atoms with van der Waals surface area (Å²) in [6, 6.07) is 81.5. The minimum atomic E-state index is -0.727. The Morgan fingerprint density at radius 1 is 0.275 bits per heavy atom. The Kier molecular flexibility index (Phi) is 21.4. The molecule has 0 bridgehead atoms. The van der Waals surface area contributed by atoms with Gasteiger partial charge in [0.05, 0.1) is 72.2 Å². The highest BCUT2D eigenvalue weighted by Crippen LogP contribution is 2.37. The van der Waals surface area contributed by atoms with E-state index in [2.05, 4.69) is 103 Å². The molecule has 2 aliphatic rings. The van der Waals surface area contributed by atoms with E-state index in [1.807, 2.05) is 146 Å². The van der Waals surface area contributed by atoms with Gasteiger partial charge in [0.2, 0.25) is 0 Å². The van der Waals surface area contributed by atoms with Crippen LogP contribution in [0.25, 0.3) is 0 Å². The molecule has 0 aromatic heterocycles. The maximum atomic E-state index is 7.37. The van der Waals surface area contributed by atoms with Crippen LogP contribution in [-0.4, -0.2) is 68.1 Å². The number of rotatable bonds is 28. The van der Waals surface area contributed by atoms with Gasteiger partial charge in [-0.05, 0) is 57.0 Å². The van der Waals surface area contributed by atoms with Crippen molar-refractivity contribution >= 4 is 0 Å². The molecule has 0 saturated carbocycles. The van der Waals surface area contributed by atoms with E-state index < -0.39 is 54.9 Å². The Labute approximate surface area is 471 Å². The van der Waals surface area contributed by atoms with Crippen molar-refractivity contribution in [3.63, 3.8) is 0 Å². The number of hydrogen-bond donors (Lipinski definition) is 0. The molecule has 2 saturated heterocycles. The molecule has 0 spiro atoms. The SMILES string of the molecule is C(/C[C@@H]1O[C@H](COCc2ccccc2)[C@@H](OCc2ccccc2)[C@H](OCc2ccccc2)[C@H]1OCc1ccccc1)=C1\O[C@H](COCc2ccccc2)[C@@H](OCc2ccccc2)[C@H](OCc2ccccc2)[C@H]1OCc1ccccc1. The van der Waals surface area contributed by atoms with Gasteiger partial charge in [0, 0.05) is 0 Å². The highest BCUT2D eigenvalue weighted by atomic mass is 16.6. The molecule has 0 aliphatic carbocycles. The number of ether oxygens (including phenoxy) is 10. The van der Waals surface area contributed by atoms with Crippen LogP contribution in [0.15, 0.2) is 254 Å². The number of benzene rings is 8. The van der Waals surface area contributed by atoms with Crippen LogP contribution in [-0.2, 0) is 100 Å². The molecule has 9 atom stereocenters. The summed E-state index contributed by atoms with van der Waals surface area (Å²) >= 11 is 0. The summed E-state index contributed by atoms with van der Waals surface area (Å²) < 4.78 is 70.3. The molecule has 2 heterocycles. The fraction of sp³-hybridized carbons (Fsp3) is 0.286. The van der Waals surface area contributed by atoms with E-state index in [4.69, 9.17) is 47.4 Å². The van der Waals surface area contributed by atoms with Crippen molar-refractivity contribution in [2.24, 2.45) is 0 Å². The normalized spacial score (nSPS) is 22.4. The molecular weight excluding hydrogens is 1000 g/mol. The van der Waals surface area contributed by atoms with E-state index >= 15 is 0 Å². The summed E-state index contributed by atoms with van der Waals surface area (Å²) in [6.07, 6.45) is -3.18. The minimum Gasteiger partial charge on any atom is -0.487 e. The van der Waals surface area contributed by atoms with Crippen molar-refractivity contribution < 1.29 is 47.4 Å². The lowest BCUT2D eigenvalue weighted by molar-refractivity contribution is -0.272. The Morgan fingerprint density at radius 2 is 0.550 bits per heavy atom. The molecule has 0 amide bonds. The smallest absolute Gasteiger partial charge is 0.150 e. The van der Waals surface area contributed by atoms with Gasteiger partial charge in [0.25, 0.3) is 0 Å². The molecule has 2 fully saturated rings. The average Bonchev–Trinajstić information content (AvgIpc) is 3.53. The molecule has 10 heteroatoms. The second kappa shape index (κ2) is 30.5. The van der Waals surface area contributed by atoms with E-state index in [-0.39, 0.29) is 19.8 Å². The first-order valence-electron chi connectivity index (χ1n) is 27.9. The summed E-state index contributed by atoms with van der Waals surface area (Å²) in [6.45, 7) is 3.10. The van der Waals surface area contributed by atoms with Crippen molar-refractivity contribution in [3.05, 3.63) is 299 Å². The highest BCUT2D eigenvalue weighted by molar-refractivity contribution is 5.21. The zero-order valence-corrected chi connectivity index (χ0v) is 45.2. The zero-order chi connectivity index (χ0) is 54.2. The molecule has 2 aliphatic heterocycles. The van der Waals surface area contributed by atoms with E-state index in [1.54, 1.807) is 0 Å². The van der Waals surface area contributed by atoms with Crippen LogP contribution in [0.5, 0.6) is 0 Å². The maximum Gasteiger partial charge on any atom is 0.150 e. The molecule has 0 unspecified atom stereocenters. The van der Waals surface area contributed by atoms with Gasteiger partial charge in [0.15, 0.2) is 6.10 Å². The van der Waals surface area contributed by atoms with Crippen LogP contribution >= 0.6 is 0 Å². The first-order chi connectivity index (χ1) is 39.7. The van der Waals surface area contributed by atoms with Gasteiger partial charge < -0.3 is 47.4 Å². The largest absolute Gasteiger partial charge is 0.487 e. The molecule has 10 nitrogen and oxygen atoms in total. The van der Waals surface area contributed by atoms with Crippen LogP contribution in [0.1, 0.15) is 50.9 Å². The lowest BCUT2D eigenvalue weighted by Gasteiger charge is -2.46. The van der Waals surface area contributed by atoms with E-state index in [0.717, 1.165) is 44.5 Å². The van der Waals surface area contributed by atoms with Gasteiger partial charge >= 0.3 is 0 Å². The third kappa shape index (κ3) is 16.7. The molecule has 8 aromatic rings. The van der Waals surface area contributed by atoms with Gasteiger partial charge in [-0.15, -0.1) is 0 Å². The maximum absolute atomic E-state index is 7.37. The van der Waals surface area contributed by atoms with E-state index in [1.165, 1.54) is 0 Å². The summed E-state index contributed by atoms with van der Waals surface area (Å²) in [4.78, 5) is 0. The Balaban J connectivity index is 1.03. The van der Waals surface area contributed by atoms with Gasteiger partial charge in [-0.3, -0.25) is 0 Å². The molecule has 0 radical (unpaired) electrons. The predicted octanol–water partition coefficient (Wildman–Crippen LogP) is 13.4. The predicted molar refractivity (Wildman–Crippen MR) is 309 cm³/mol. The first-order valence-corrected chi connectivity index (χ1v) is 27.9. The second-order valence-electron chi connectivity index (χ2n) is 20.2. The summed E-state index contributed by atoms with van der Waals surface area (Å²) in [5.74, 6) is 0.582. The fourth-order valence-corrected chi connectivity index (χ4v) is 10.2. The topological polar surface area (TPSA) is 92.3 Å². The van der Waals surface area contributed by atoms with E-state index in [9.17, 15) is 0 Å². The zero-order valence-electron chi connectivity index (χ0n) is 45.2. The Morgan fingerprint density at radius 3 is 0.912 bits per heavy atom. The summed E-state index contributed by atoms with van der Waals surface area (Å²) in [7, 11) is 0. The van der Waals surface area contributed by atoms with Crippen molar-refractivity contribution in [1.29, 1.82) is 0 Å². The van der Waals surface area contributed by atoms with Crippen molar-refractivity contribution in [1.82, 2.24) is 0 Å². The van der Waals surface area contributed by atoms with Crippen LogP contribution < -0.4 is 0 Å². The van der Waals surface area contributed by atoms with E-state index in [0.29, 0.717) is 58.4 Å². The molecule has 0 N–H and O–H groups in total. The average molecular weight is 1070 g/mol. The minimum absolute atomic E-state index is 0.210. The summed E-state index contributed by atoms with van der Waals surface area (Å²) in [5, 5.41) is 0. The molecule has 10 rings (SSSR count). The fourth-order valence-electron chi connectivity index (χ4n) is 10.2. The Hall–Kier alpha value is -7.06. The standard InChI is InChI=1S/C70H72O10/c1-9-25-53(26-10-1)43-71-51-63-67(75-47-57-33-17-5-18-34-57)69(77-49-59-37-21-7-22-38-59)65(73-45-55-29-13-3-14-30-55)61(79-63)41-42-62-66(74-46-56-31-15-4-16-32-56)70(78-50-60-39-23-8-24-40-60)68(76-48-58-35-19-6-20-36-58)64(80-62)52-72-44-54-27-11-2-12-28-54/h1-41,62-70H,42-52H2/b61-41+/t62-,63+,64+,65-,66-,67+,68+,69+,70+/m0/s1.